The minimum atomic E-state index is 0.645. The molecule has 19 heavy (non-hydrogen) atoms. The summed E-state index contributed by atoms with van der Waals surface area (Å²) in [6, 6.07) is 8.75. The first-order valence-corrected chi connectivity index (χ1v) is 8.10. The van der Waals surface area contributed by atoms with E-state index in [1.807, 2.05) is 0 Å². The van der Waals surface area contributed by atoms with E-state index in [0.29, 0.717) is 5.88 Å². The summed E-state index contributed by atoms with van der Waals surface area (Å²) < 4.78 is 0. The summed E-state index contributed by atoms with van der Waals surface area (Å²) in [5.74, 6) is 0.645. The second kappa shape index (κ2) is 5.93. The van der Waals surface area contributed by atoms with Crippen molar-refractivity contribution < 1.29 is 0 Å². The normalized spacial score (nSPS) is 15.1. The van der Waals surface area contributed by atoms with Crippen LogP contribution >= 0.6 is 22.9 Å². The minimum Gasteiger partial charge on any atom is -0.344 e. The monoisotopic (exact) mass is 292 g/mol. The fourth-order valence-electron chi connectivity index (χ4n) is 2.52. The molecule has 0 N–H and O–H groups in total. The predicted octanol–water partition coefficient (Wildman–Crippen LogP) is 3.88. The Morgan fingerprint density at radius 1 is 1.26 bits per heavy atom. The molecule has 0 amide bonds. The lowest BCUT2D eigenvalue weighted by atomic mass is 10.0. The van der Waals surface area contributed by atoms with Crippen LogP contribution in [0, 0.1) is 0 Å². The molecule has 3 rings (SSSR count). The Morgan fingerprint density at radius 2 is 2.11 bits per heavy atom. The van der Waals surface area contributed by atoms with Gasteiger partial charge >= 0.3 is 0 Å². The summed E-state index contributed by atoms with van der Waals surface area (Å²) in [5, 5.41) is 3.27. The number of nitrogens with zero attached hydrogens (tertiary/aromatic N) is 2. The Bertz CT molecular complexity index is 553. The van der Waals surface area contributed by atoms with Crippen molar-refractivity contribution in [1.82, 2.24) is 4.98 Å². The number of benzene rings is 1. The highest BCUT2D eigenvalue weighted by Gasteiger charge is 2.16. The maximum atomic E-state index is 5.78. The third-order valence-corrected chi connectivity index (χ3v) is 4.65. The highest BCUT2D eigenvalue weighted by molar-refractivity contribution is 7.13. The zero-order valence-electron chi connectivity index (χ0n) is 10.8. The number of aromatic nitrogens is 1. The summed E-state index contributed by atoms with van der Waals surface area (Å²) in [5.41, 5.74) is 4.05. The first-order chi connectivity index (χ1) is 9.36. The fourth-order valence-corrected chi connectivity index (χ4v) is 3.60. The zero-order valence-corrected chi connectivity index (χ0v) is 12.4. The van der Waals surface area contributed by atoms with Gasteiger partial charge in [0.05, 0.1) is 5.69 Å². The average molecular weight is 293 g/mol. The molecule has 1 aromatic heterocycles. The van der Waals surface area contributed by atoms with Crippen LogP contribution in [-0.4, -0.2) is 17.4 Å². The Labute approximate surface area is 123 Å². The second-order valence-corrected chi connectivity index (χ2v) is 6.07. The first kappa shape index (κ1) is 12.9. The topological polar surface area (TPSA) is 16.1 Å². The van der Waals surface area contributed by atoms with Gasteiger partial charge in [0, 0.05) is 30.8 Å². The third kappa shape index (κ3) is 2.93. The Balaban J connectivity index is 1.81. The van der Waals surface area contributed by atoms with Crippen molar-refractivity contribution >= 4 is 28.1 Å². The Hall–Kier alpha value is -1.06. The van der Waals surface area contributed by atoms with Crippen molar-refractivity contribution in [3.63, 3.8) is 0 Å². The molecule has 0 saturated carbocycles. The van der Waals surface area contributed by atoms with Gasteiger partial charge in [-0.05, 0) is 24.0 Å². The smallest absolute Gasteiger partial charge is 0.185 e. The maximum Gasteiger partial charge on any atom is 0.185 e. The summed E-state index contributed by atoms with van der Waals surface area (Å²) >= 11 is 7.51. The van der Waals surface area contributed by atoms with Gasteiger partial charge in [0.1, 0.15) is 0 Å². The highest BCUT2D eigenvalue weighted by atomic mass is 35.5. The summed E-state index contributed by atoms with van der Waals surface area (Å²) in [6.07, 6.45) is 3.23. The second-order valence-electron chi connectivity index (χ2n) is 4.85. The van der Waals surface area contributed by atoms with Gasteiger partial charge < -0.3 is 4.90 Å². The van der Waals surface area contributed by atoms with Gasteiger partial charge in [-0.1, -0.05) is 24.3 Å². The number of alkyl halides is 1. The molecule has 0 radical (unpaired) electrons. The molecule has 0 atom stereocenters. The number of halogens is 1. The van der Waals surface area contributed by atoms with E-state index >= 15 is 0 Å². The van der Waals surface area contributed by atoms with E-state index in [2.05, 4.69) is 34.5 Å². The summed E-state index contributed by atoms with van der Waals surface area (Å²) in [6.45, 7) is 2.06. The number of thiazole rings is 1. The number of anilines is 1. The third-order valence-electron chi connectivity index (χ3n) is 3.51. The van der Waals surface area contributed by atoms with Gasteiger partial charge in [0.15, 0.2) is 5.13 Å². The highest BCUT2D eigenvalue weighted by Crippen LogP contribution is 2.26. The first-order valence-electron chi connectivity index (χ1n) is 6.69. The van der Waals surface area contributed by atoms with Gasteiger partial charge in [-0.25, -0.2) is 4.98 Å². The van der Waals surface area contributed by atoms with Crippen molar-refractivity contribution in [2.24, 2.45) is 0 Å². The van der Waals surface area contributed by atoms with Crippen LogP contribution in [0.15, 0.2) is 29.6 Å². The largest absolute Gasteiger partial charge is 0.344 e. The van der Waals surface area contributed by atoms with Crippen LogP contribution in [0.4, 0.5) is 5.13 Å². The van der Waals surface area contributed by atoms with Crippen LogP contribution in [0.3, 0.4) is 0 Å². The Kier molecular flexibility index (Phi) is 4.04. The van der Waals surface area contributed by atoms with Gasteiger partial charge in [-0.3, -0.25) is 0 Å². The van der Waals surface area contributed by atoms with Crippen LogP contribution in [-0.2, 0) is 19.4 Å². The lowest BCUT2D eigenvalue weighted by molar-refractivity contribution is 0.761. The number of fused-ring (bicyclic) bond motifs is 1. The van der Waals surface area contributed by atoms with Crippen LogP contribution in [0.25, 0.3) is 0 Å². The van der Waals surface area contributed by atoms with Crippen molar-refractivity contribution in [3.8, 4) is 0 Å². The molecule has 1 aromatic carbocycles. The molecule has 0 bridgehead atoms. The standard InChI is InChI=1S/C15H17ClN2S/c16-8-7-14-11-19-15(17-14)18-9-3-6-12-4-1-2-5-13(12)10-18/h1-2,4-5,11H,3,6-10H2. The van der Waals surface area contributed by atoms with Crippen LogP contribution in [0.2, 0.25) is 0 Å². The molecule has 2 heterocycles. The molecule has 1 aliphatic rings. The van der Waals surface area contributed by atoms with Crippen molar-refractivity contribution in [1.29, 1.82) is 0 Å². The maximum absolute atomic E-state index is 5.78. The number of rotatable bonds is 3. The lowest BCUT2D eigenvalue weighted by Crippen LogP contribution is -2.22. The summed E-state index contributed by atoms with van der Waals surface area (Å²) in [7, 11) is 0. The zero-order chi connectivity index (χ0) is 13.1. The molecule has 0 spiro atoms. The van der Waals surface area contributed by atoms with Crippen LogP contribution in [0.5, 0.6) is 0 Å². The van der Waals surface area contributed by atoms with E-state index in [4.69, 9.17) is 16.6 Å². The van der Waals surface area contributed by atoms with E-state index < -0.39 is 0 Å². The van der Waals surface area contributed by atoms with E-state index in [1.54, 1.807) is 11.3 Å². The van der Waals surface area contributed by atoms with E-state index in [-0.39, 0.29) is 0 Å². The average Bonchev–Trinajstić information content (AvgIpc) is 2.78. The van der Waals surface area contributed by atoms with Crippen LogP contribution in [0.1, 0.15) is 23.2 Å². The van der Waals surface area contributed by atoms with Crippen molar-refractivity contribution in [3.05, 3.63) is 46.5 Å². The molecule has 2 aromatic rings. The van der Waals surface area contributed by atoms with Gasteiger partial charge in [-0.2, -0.15) is 0 Å². The quantitative estimate of drug-likeness (QED) is 0.798. The number of hydrogen-bond acceptors (Lipinski definition) is 3. The van der Waals surface area contributed by atoms with Crippen molar-refractivity contribution in [2.45, 2.75) is 25.8 Å². The molecule has 100 valence electrons. The molecular formula is C15H17ClN2S. The number of hydrogen-bond donors (Lipinski definition) is 0. The van der Waals surface area contributed by atoms with Crippen molar-refractivity contribution in [2.75, 3.05) is 17.3 Å². The number of aryl methyl sites for hydroxylation is 2. The Morgan fingerprint density at radius 3 is 2.95 bits per heavy atom. The van der Waals surface area contributed by atoms with Gasteiger partial charge in [-0.15, -0.1) is 22.9 Å². The van der Waals surface area contributed by atoms with E-state index in [0.717, 1.165) is 30.3 Å². The van der Waals surface area contributed by atoms with E-state index in [1.165, 1.54) is 24.0 Å². The van der Waals surface area contributed by atoms with Gasteiger partial charge in [0.2, 0.25) is 0 Å². The molecular weight excluding hydrogens is 276 g/mol. The molecule has 2 nitrogen and oxygen atoms in total. The molecule has 0 unspecified atom stereocenters. The lowest BCUT2D eigenvalue weighted by Gasteiger charge is -2.19. The minimum absolute atomic E-state index is 0.645. The van der Waals surface area contributed by atoms with Crippen LogP contribution < -0.4 is 4.90 Å². The molecule has 1 aliphatic heterocycles. The molecule has 0 fully saturated rings. The molecule has 0 aliphatic carbocycles. The molecule has 0 saturated heterocycles. The van der Waals surface area contributed by atoms with Gasteiger partial charge in [0.25, 0.3) is 0 Å². The molecule has 4 heteroatoms. The fraction of sp³-hybridized carbons (Fsp3) is 0.400. The summed E-state index contributed by atoms with van der Waals surface area (Å²) in [4.78, 5) is 7.10. The SMILES string of the molecule is ClCCc1csc(N2CCCc3ccccc3C2)n1. The predicted molar refractivity (Wildman–Crippen MR) is 82.4 cm³/mol. The van der Waals surface area contributed by atoms with E-state index in [9.17, 15) is 0 Å².